The number of rotatable bonds is 15. The van der Waals surface area contributed by atoms with Crippen molar-refractivity contribution in [2.24, 2.45) is 0 Å². The maximum Gasteiger partial charge on any atom is 0.123 e. The van der Waals surface area contributed by atoms with E-state index < -0.39 is 0 Å². The van der Waals surface area contributed by atoms with E-state index in [0.717, 1.165) is 12.0 Å². The van der Waals surface area contributed by atoms with Gasteiger partial charge in [0, 0.05) is 0 Å². The minimum atomic E-state index is -0.105. The molecule has 0 amide bonds. The van der Waals surface area contributed by atoms with Crippen molar-refractivity contribution < 1.29 is 4.39 Å². The average Bonchev–Trinajstić information content (AvgIpc) is 2.55. The SMILES string of the molecule is CCCSCCCCCCCCCCCCc1cccc(F)c1. The van der Waals surface area contributed by atoms with E-state index in [2.05, 4.69) is 18.7 Å². The minimum Gasteiger partial charge on any atom is -0.207 e. The van der Waals surface area contributed by atoms with Gasteiger partial charge in [-0.25, -0.2) is 4.39 Å². The Hall–Kier alpha value is -0.500. The molecule has 0 bridgehead atoms. The molecule has 0 nitrogen and oxygen atoms in total. The average molecular weight is 339 g/mol. The number of benzene rings is 1. The zero-order valence-corrected chi connectivity index (χ0v) is 15.8. The molecule has 132 valence electrons. The Labute approximate surface area is 147 Å². The third-order valence-electron chi connectivity index (χ3n) is 4.24. The Morgan fingerprint density at radius 1 is 0.783 bits per heavy atom. The lowest BCUT2D eigenvalue weighted by Gasteiger charge is -2.04. The summed E-state index contributed by atoms with van der Waals surface area (Å²) in [7, 11) is 0. The van der Waals surface area contributed by atoms with Crippen LogP contribution in [0, 0.1) is 5.82 Å². The van der Waals surface area contributed by atoms with Gasteiger partial charge in [0.05, 0.1) is 0 Å². The molecule has 0 aliphatic rings. The summed E-state index contributed by atoms with van der Waals surface area (Å²) in [4.78, 5) is 0. The lowest BCUT2D eigenvalue weighted by Crippen LogP contribution is -1.88. The molecule has 23 heavy (non-hydrogen) atoms. The van der Waals surface area contributed by atoms with Crippen molar-refractivity contribution in [3.63, 3.8) is 0 Å². The molecule has 0 radical (unpaired) electrons. The molecule has 0 aliphatic carbocycles. The Balaban J connectivity index is 1.78. The first kappa shape index (κ1) is 20.5. The van der Waals surface area contributed by atoms with E-state index in [0.29, 0.717) is 0 Å². The topological polar surface area (TPSA) is 0 Å². The molecule has 1 aromatic carbocycles. The summed E-state index contributed by atoms with van der Waals surface area (Å²) in [5.74, 6) is 2.59. The lowest BCUT2D eigenvalue weighted by molar-refractivity contribution is 0.556. The standard InChI is InChI=1S/C21H35FS/c1-2-17-23-18-12-10-8-6-4-3-5-7-9-11-14-20-15-13-16-21(22)19-20/h13,15-16,19H,2-12,14,17-18H2,1H3. The molecular weight excluding hydrogens is 303 g/mol. The van der Waals surface area contributed by atoms with E-state index in [1.807, 2.05) is 12.1 Å². The second-order valence-electron chi connectivity index (χ2n) is 6.53. The molecule has 0 fully saturated rings. The van der Waals surface area contributed by atoms with Gasteiger partial charge in [-0.3, -0.25) is 0 Å². The van der Waals surface area contributed by atoms with Crippen LogP contribution in [0.4, 0.5) is 4.39 Å². The van der Waals surface area contributed by atoms with Gasteiger partial charge in [-0.15, -0.1) is 0 Å². The smallest absolute Gasteiger partial charge is 0.123 e. The molecule has 0 saturated heterocycles. The summed E-state index contributed by atoms with van der Waals surface area (Å²) >= 11 is 2.11. The second-order valence-corrected chi connectivity index (χ2v) is 7.75. The second kappa shape index (κ2) is 15.1. The maximum absolute atomic E-state index is 13.0. The number of unbranched alkanes of at least 4 members (excludes halogenated alkanes) is 9. The number of aryl methyl sites for hydroxylation is 1. The van der Waals surface area contributed by atoms with Crippen LogP contribution < -0.4 is 0 Å². The fourth-order valence-corrected chi connectivity index (χ4v) is 3.79. The largest absolute Gasteiger partial charge is 0.207 e. The van der Waals surface area contributed by atoms with Gasteiger partial charge >= 0.3 is 0 Å². The van der Waals surface area contributed by atoms with Gasteiger partial charge in [0.15, 0.2) is 0 Å². The first-order valence-electron chi connectivity index (χ1n) is 9.65. The molecule has 0 N–H and O–H groups in total. The number of halogens is 1. The fraction of sp³-hybridized carbons (Fsp3) is 0.714. The summed E-state index contributed by atoms with van der Waals surface area (Å²) in [5, 5.41) is 0. The molecular formula is C21H35FS. The monoisotopic (exact) mass is 338 g/mol. The molecule has 0 heterocycles. The van der Waals surface area contributed by atoms with Gasteiger partial charge in [-0.05, 0) is 54.9 Å². The normalized spacial score (nSPS) is 11.0. The van der Waals surface area contributed by atoms with Crippen LogP contribution in [0.2, 0.25) is 0 Å². The third kappa shape index (κ3) is 12.6. The first-order chi connectivity index (χ1) is 11.3. The van der Waals surface area contributed by atoms with Crippen LogP contribution in [0.15, 0.2) is 24.3 Å². The van der Waals surface area contributed by atoms with Crippen molar-refractivity contribution in [1.82, 2.24) is 0 Å². The molecule has 0 aromatic heterocycles. The van der Waals surface area contributed by atoms with Crippen LogP contribution in [-0.2, 0) is 6.42 Å². The van der Waals surface area contributed by atoms with E-state index >= 15 is 0 Å². The first-order valence-corrected chi connectivity index (χ1v) is 10.8. The zero-order chi connectivity index (χ0) is 16.6. The Morgan fingerprint density at radius 3 is 2.00 bits per heavy atom. The number of hydrogen-bond donors (Lipinski definition) is 0. The van der Waals surface area contributed by atoms with E-state index in [-0.39, 0.29) is 5.82 Å². The summed E-state index contributed by atoms with van der Waals surface area (Å²) in [6, 6.07) is 7.03. The lowest BCUT2D eigenvalue weighted by atomic mass is 10.0. The summed E-state index contributed by atoms with van der Waals surface area (Å²) < 4.78 is 13.0. The molecule has 0 aliphatic heterocycles. The molecule has 1 aromatic rings. The van der Waals surface area contributed by atoms with Crippen LogP contribution in [0.5, 0.6) is 0 Å². The Morgan fingerprint density at radius 2 is 1.39 bits per heavy atom. The minimum absolute atomic E-state index is 0.105. The van der Waals surface area contributed by atoms with Crippen LogP contribution in [0.3, 0.4) is 0 Å². The molecule has 0 atom stereocenters. The predicted octanol–water partition coefficient (Wildman–Crippen LogP) is 7.41. The Kier molecular flexibility index (Phi) is 13.4. The molecule has 0 unspecified atom stereocenters. The summed E-state index contributed by atoms with van der Waals surface area (Å²) in [6.07, 6.45) is 16.0. The van der Waals surface area contributed by atoms with E-state index in [9.17, 15) is 4.39 Å². The third-order valence-corrected chi connectivity index (χ3v) is 5.52. The van der Waals surface area contributed by atoms with Gasteiger partial charge in [-0.2, -0.15) is 11.8 Å². The Bertz CT molecular complexity index is 378. The van der Waals surface area contributed by atoms with Crippen molar-refractivity contribution in [3.8, 4) is 0 Å². The van der Waals surface area contributed by atoms with E-state index in [1.165, 1.54) is 88.2 Å². The molecule has 1 rings (SSSR count). The number of thioether (sulfide) groups is 1. The number of hydrogen-bond acceptors (Lipinski definition) is 1. The van der Waals surface area contributed by atoms with Crippen molar-refractivity contribution >= 4 is 11.8 Å². The van der Waals surface area contributed by atoms with E-state index in [1.54, 1.807) is 6.07 Å². The molecule has 0 saturated carbocycles. The highest BCUT2D eigenvalue weighted by Gasteiger charge is 1.97. The zero-order valence-electron chi connectivity index (χ0n) is 15.0. The highest BCUT2D eigenvalue weighted by atomic mass is 32.2. The van der Waals surface area contributed by atoms with Gasteiger partial charge in [0.2, 0.25) is 0 Å². The maximum atomic E-state index is 13.0. The quantitative estimate of drug-likeness (QED) is 0.300. The van der Waals surface area contributed by atoms with Crippen LogP contribution in [-0.4, -0.2) is 11.5 Å². The summed E-state index contributed by atoms with van der Waals surface area (Å²) in [5.41, 5.74) is 1.14. The highest BCUT2D eigenvalue weighted by molar-refractivity contribution is 7.99. The van der Waals surface area contributed by atoms with Crippen molar-refractivity contribution in [2.75, 3.05) is 11.5 Å². The van der Waals surface area contributed by atoms with Crippen LogP contribution in [0.1, 0.15) is 83.1 Å². The van der Waals surface area contributed by atoms with Gasteiger partial charge in [0.1, 0.15) is 5.82 Å². The van der Waals surface area contributed by atoms with Crippen LogP contribution in [0.25, 0.3) is 0 Å². The van der Waals surface area contributed by atoms with E-state index in [4.69, 9.17) is 0 Å². The van der Waals surface area contributed by atoms with Crippen LogP contribution >= 0.6 is 11.8 Å². The van der Waals surface area contributed by atoms with Gasteiger partial charge < -0.3 is 0 Å². The van der Waals surface area contributed by atoms with Gasteiger partial charge in [0.25, 0.3) is 0 Å². The summed E-state index contributed by atoms with van der Waals surface area (Å²) in [6.45, 7) is 2.26. The highest BCUT2D eigenvalue weighted by Crippen LogP contribution is 2.14. The van der Waals surface area contributed by atoms with Gasteiger partial charge in [-0.1, -0.05) is 70.4 Å². The molecule has 0 spiro atoms. The molecule has 2 heteroatoms. The fourth-order valence-electron chi connectivity index (χ4n) is 2.89. The van der Waals surface area contributed by atoms with Crippen molar-refractivity contribution in [3.05, 3.63) is 35.6 Å². The van der Waals surface area contributed by atoms with Crippen molar-refractivity contribution in [1.29, 1.82) is 0 Å². The van der Waals surface area contributed by atoms with Crippen molar-refractivity contribution in [2.45, 2.75) is 84.0 Å². The predicted molar refractivity (Wildman–Crippen MR) is 104 cm³/mol.